The van der Waals surface area contributed by atoms with Gasteiger partial charge in [-0.25, -0.2) is 0 Å². The van der Waals surface area contributed by atoms with E-state index in [1.807, 2.05) is 13.8 Å². The summed E-state index contributed by atoms with van der Waals surface area (Å²) in [6.45, 7) is 8.16. The van der Waals surface area contributed by atoms with Gasteiger partial charge < -0.3 is 20.1 Å². The van der Waals surface area contributed by atoms with Gasteiger partial charge in [0.1, 0.15) is 0 Å². The summed E-state index contributed by atoms with van der Waals surface area (Å²) in [4.78, 5) is 24.6. The average molecular weight is 449 g/mol. The van der Waals surface area contributed by atoms with Gasteiger partial charge in [-0.15, -0.1) is 0 Å². The van der Waals surface area contributed by atoms with Crippen LogP contribution in [-0.2, 0) is 14.3 Å². The Hall–Kier alpha value is -1.40. The first-order valence-electron chi connectivity index (χ1n) is 12.5. The molecule has 0 aromatic carbocycles. The minimum atomic E-state index is -1.01. The molecule has 3 fully saturated rings. The third-order valence-corrected chi connectivity index (χ3v) is 9.83. The summed E-state index contributed by atoms with van der Waals surface area (Å²) in [5.74, 6) is -0.929. The zero-order valence-electron chi connectivity index (χ0n) is 20.0. The summed E-state index contributed by atoms with van der Waals surface area (Å²) in [5.41, 5.74) is -0.260. The molecule has 0 aliphatic heterocycles. The Morgan fingerprint density at radius 2 is 1.81 bits per heavy atom. The van der Waals surface area contributed by atoms with Crippen molar-refractivity contribution < 1.29 is 29.6 Å². The highest BCUT2D eigenvalue weighted by Gasteiger charge is 2.65. The molecule has 0 aromatic rings. The highest BCUT2D eigenvalue weighted by molar-refractivity contribution is 5.76. The van der Waals surface area contributed by atoms with E-state index in [1.54, 1.807) is 0 Å². The highest BCUT2D eigenvalue weighted by Crippen LogP contribution is 2.68. The van der Waals surface area contributed by atoms with E-state index in [1.165, 1.54) is 5.57 Å². The molecule has 32 heavy (non-hydrogen) atoms. The van der Waals surface area contributed by atoms with Gasteiger partial charge in [-0.3, -0.25) is 9.59 Å². The first-order valence-corrected chi connectivity index (χ1v) is 12.5. The molecule has 6 heteroatoms. The molecule has 4 aliphatic rings. The molecule has 8 atom stereocenters. The van der Waals surface area contributed by atoms with Crippen molar-refractivity contribution in [3.8, 4) is 0 Å². The molecule has 0 heterocycles. The number of hydrogen-bond donors (Lipinski definition) is 3. The molecule has 3 saturated carbocycles. The first-order chi connectivity index (χ1) is 14.9. The van der Waals surface area contributed by atoms with Crippen LogP contribution in [0.2, 0.25) is 0 Å². The van der Waals surface area contributed by atoms with E-state index in [9.17, 15) is 24.9 Å². The second kappa shape index (κ2) is 8.12. The second-order valence-corrected chi connectivity index (χ2v) is 11.7. The summed E-state index contributed by atoms with van der Waals surface area (Å²) in [7, 11) is 0. The van der Waals surface area contributed by atoms with Crippen molar-refractivity contribution in [1.82, 2.24) is 0 Å². The van der Waals surface area contributed by atoms with Gasteiger partial charge in [0.05, 0.1) is 23.7 Å². The lowest BCUT2D eigenvalue weighted by atomic mass is 9.45. The average Bonchev–Trinajstić information content (AvgIpc) is 2.97. The van der Waals surface area contributed by atoms with E-state index in [2.05, 4.69) is 19.9 Å². The number of fused-ring (bicyclic) bond motifs is 5. The summed E-state index contributed by atoms with van der Waals surface area (Å²) in [6.07, 6.45) is 7.24. The first kappa shape index (κ1) is 23.7. The van der Waals surface area contributed by atoms with E-state index in [4.69, 9.17) is 4.74 Å². The third-order valence-electron chi connectivity index (χ3n) is 9.83. The molecule has 180 valence electrons. The fraction of sp³-hybridized carbons (Fsp3) is 0.846. The number of carboxylic acids is 1. The molecule has 0 aromatic heterocycles. The zero-order valence-corrected chi connectivity index (χ0v) is 20.0. The topological polar surface area (TPSA) is 104 Å². The minimum Gasteiger partial charge on any atom is -0.481 e. The number of hydrogen-bond acceptors (Lipinski definition) is 5. The van der Waals surface area contributed by atoms with Crippen LogP contribution >= 0.6 is 0 Å². The number of aliphatic hydroxyl groups excluding tert-OH is 1. The van der Waals surface area contributed by atoms with Crippen LogP contribution in [0.1, 0.15) is 85.5 Å². The Morgan fingerprint density at radius 1 is 1.12 bits per heavy atom. The van der Waals surface area contributed by atoms with E-state index in [0.29, 0.717) is 18.8 Å². The van der Waals surface area contributed by atoms with Crippen LogP contribution in [0.4, 0.5) is 0 Å². The van der Waals surface area contributed by atoms with Crippen molar-refractivity contribution >= 4 is 11.9 Å². The maximum atomic E-state index is 13.3. The maximum absolute atomic E-state index is 13.3. The van der Waals surface area contributed by atoms with E-state index in [-0.39, 0.29) is 54.2 Å². The fourth-order valence-electron chi connectivity index (χ4n) is 8.04. The van der Waals surface area contributed by atoms with Crippen LogP contribution in [0.5, 0.6) is 0 Å². The summed E-state index contributed by atoms with van der Waals surface area (Å²) < 4.78 is 5.70. The second-order valence-electron chi connectivity index (χ2n) is 11.7. The van der Waals surface area contributed by atoms with Crippen LogP contribution in [0.25, 0.3) is 0 Å². The number of aliphatic carboxylic acids is 1. The molecule has 4 aliphatic carbocycles. The van der Waals surface area contributed by atoms with Crippen molar-refractivity contribution in [3.05, 3.63) is 11.6 Å². The van der Waals surface area contributed by atoms with Crippen molar-refractivity contribution in [2.24, 2.45) is 34.5 Å². The van der Waals surface area contributed by atoms with Crippen molar-refractivity contribution in [3.63, 3.8) is 0 Å². The summed E-state index contributed by atoms with van der Waals surface area (Å²) in [5, 5.41) is 31.3. The Balaban J connectivity index is 1.74. The largest absolute Gasteiger partial charge is 0.481 e. The smallest absolute Gasteiger partial charge is 0.313 e. The molecule has 0 radical (unpaired) electrons. The number of carboxylic acid groups (broad SMARTS) is 1. The van der Waals surface area contributed by atoms with Crippen molar-refractivity contribution in [2.75, 3.05) is 0 Å². The SMILES string of the molecule is CC(C)OC(=O)[C@H]1C=C2C[C@@H](O)CC[C@]2(C)[C@H]2CC[C@@]3(C)[C@@H](CC[C@@]3(O)CCC(=O)O)[C@H]12. The molecule has 3 N–H and O–H groups in total. The van der Waals surface area contributed by atoms with Gasteiger partial charge in [0, 0.05) is 6.42 Å². The monoisotopic (exact) mass is 448 g/mol. The van der Waals surface area contributed by atoms with Gasteiger partial charge in [-0.05, 0) is 93.8 Å². The van der Waals surface area contributed by atoms with Crippen LogP contribution < -0.4 is 0 Å². The third kappa shape index (κ3) is 3.62. The van der Waals surface area contributed by atoms with Gasteiger partial charge >= 0.3 is 11.9 Å². The van der Waals surface area contributed by atoms with E-state index >= 15 is 0 Å². The number of esters is 1. The lowest BCUT2D eigenvalue weighted by Gasteiger charge is -2.60. The molecule has 0 unspecified atom stereocenters. The Bertz CT molecular complexity index is 804. The van der Waals surface area contributed by atoms with Gasteiger partial charge in [0.15, 0.2) is 0 Å². The van der Waals surface area contributed by atoms with Crippen LogP contribution in [-0.4, -0.2) is 45.1 Å². The van der Waals surface area contributed by atoms with Crippen LogP contribution in [0, 0.1) is 34.5 Å². The number of aliphatic hydroxyl groups is 2. The summed E-state index contributed by atoms with van der Waals surface area (Å²) in [6, 6.07) is 0. The molecule has 0 amide bonds. The van der Waals surface area contributed by atoms with Gasteiger partial charge in [0.2, 0.25) is 0 Å². The molecular formula is C26H40O6. The van der Waals surface area contributed by atoms with Crippen LogP contribution in [0.3, 0.4) is 0 Å². The predicted molar refractivity (Wildman–Crippen MR) is 120 cm³/mol. The standard InChI is InChI=1S/C26H40O6/c1-15(2)32-23(30)18-14-16-13-17(27)5-9-24(16,3)19-6-10-25(4)20(22(18)19)7-11-26(25,31)12-8-21(28)29/h14-15,17-20,22,27,31H,5-13H2,1-4H3,(H,28,29)/t17-,18-,19-,20-,22+,24-,25-,26+/m0/s1. The molecule has 0 bridgehead atoms. The molecular weight excluding hydrogens is 408 g/mol. The number of ether oxygens (including phenoxy) is 1. The van der Waals surface area contributed by atoms with Crippen LogP contribution in [0.15, 0.2) is 11.6 Å². The lowest BCUT2D eigenvalue weighted by Crippen LogP contribution is -2.57. The normalized spacial score (nSPS) is 45.5. The fourth-order valence-corrected chi connectivity index (χ4v) is 8.04. The van der Waals surface area contributed by atoms with E-state index in [0.717, 1.165) is 32.1 Å². The maximum Gasteiger partial charge on any atom is 0.313 e. The Morgan fingerprint density at radius 3 is 2.47 bits per heavy atom. The molecule has 0 spiro atoms. The lowest BCUT2D eigenvalue weighted by molar-refractivity contribution is -0.167. The van der Waals surface area contributed by atoms with Gasteiger partial charge in [-0.2, -0.15) is 0 Å². The van der Waals surface area contributed by atoms with Crippen molar-refractivity contribution in [1.29, 1.82) is 0 Å². The predicted octanol–water partition coefficient (Wildman–Crippen LogP) is 4.08. The quantitative estimate of drug-likeness (QED) is 0.432. The molecule has 6 nitrogen and oxygen atoms in total. The van der Waals surface area contributed by atoms with Crippen molar-refractivity contribution in [2.45, 2.75) is 103 Å². The Kier molecular flexibility index (Phi) is 6.03. The highest BCUT2D eigenvalue weighted by atomic mass is 16.5. The number of carbonyl (C=O) groups excluding carboxylic acids is 1. The molecule has 0 saturated heterocycles. The number of rotatable bonds is 5. The molecule has 4 rings (SSSR count). The minimum absolute atomic E-state index is 0.0363. The van der Waals surface area contributed by atoms with Gasteiger partial charge in [-0.1, -0.05) is 25.5 Å². The number of carbonyl (C=O) groups is 2. The summed E-state index contributed by atoms with van der Waals surface area (Å²) >= 11 is 0. The Labute approximate surface area is 191 Å². The van der Waals surface area contributed by atoms with Gasteiger partial charge in [0.25, 0.3) is 0 Å². The van der Waals surface area contributed by atoms with E-state index < -0.39 is 17.0 Å². The zero-order chi connectivity index (χ0) is 23.5.